The van der Waals surface area contributed by atoms with Gasteiger partial charge in [-0.2, -0.15) is 0 Å². The molecule has 1 saturated heterocycles. The molecule has 2 fully saturated rings. The van der Waals surface area contributed by atoms with Crippen LogP contribution in [0.25, 0.3) is 11.3 Å². The average Bonchev–Trinajstić information content (AvgIpc) is 3.51. The quantitative estimate of drug-likeness (QED) is 0.403. The molecule has 5 rings (SSSR count). The fourth-order valence-corrected chi connectivity index (χ4v) is 6.44. The second-order valence-electron chi connectivity index (χ2n) is 9.58. The third-order valence-corrected chi connectivity index (χ3v) is 8.92. The molecule has 1 saturated carbocycles. The number of nitrogens with one attached hydrogen (secondary N) is 2. The molecule has 1 amide bonds. The molecular weight excluding hydrogens is 522 g/mol. The van der Waals surface area contributed by atoms with Crippen LogP contribution in [0.1, 0.15) is 51.1 Å². The van der Waals surface area contributed by atoms with Gasteiger partial charge in [0, 0.05) is 31.2 Å². The maximum Gasteiger partial charge on any atom is 0.237 e. The molecule has 0 atom stereocenters. The Kier molecular flexibility index (Phi) is 7.98. The van der Waals surface area contributed by atoms with E-state index >= 15 is 0 Å². The monoisotopic (exact) mass is 553 g/mol. The van der Waals surface area contributed by atoms with Crippen LogP contribution in [0.15, 0.2) is 43.0 Å². The Morgan fingerprint density at radius 1 is 1.08 bits per heavy atom. The van der Waals surface area contributed by atoms with E-state index in [9.17, 15) is 13.2 Å². The normalized spacial score (nSPS) is 17.5. The first-order valence-electron chi connectivity index (χ1n) is 13.1. The molecule has 3 aromatic rings. The number of anilines is 2. The number of amides is 1. The molecule has 3 aromatic heterocycles. The molecule has 39 heavy (non-hydrogen) atoms. The zero-order valence-electron chi connectivity index (χ0n) is 21.7. The van der Waals surface area contributed by atoms with Crippen LogP contribution < -0.4 is 14.8 Å². The van der Waals surface area contributed by atoms with E-state index in [0.717, 1.165) is 18.4 Å². The highest BCUT2D eigenvalue weighted by Crippen LogP contribution is 2.36. The lowest BCUT2D eigenvalue weighted by atomic mass is 9.76. The summed E-state index contributed by atoms with van der Waals surface area (Å²) in [5.41, 5.74) is 0.715. The lowest BCUT2D eigenvalue weighted by molar-refractivity contribution is -0.125. The number of carbonyl (C=O) groups is 1. The fourth-order valence-electron chi connectivity index (χ4n) is 4.96. The summed E-state index contributed by atoms with van der Waals surface area (Å²) >= 11 is 0. The number of aromatic nitrogens is 5. The molecule has 0 radical (unpaired) electrons. The number of rotatable bonds is 9. The molecule has 13 heteroatoms. The highest BCUT2D eigenvalue weighted by molar-refractivity contribution is 7.93. The molecule has 0 unspecified atom stereocenters. The molecule has 2 N–H and O–H groups in total. The van der Waals surface area contributed by atoms with Gasteiger partial charge in [0.25, 0.3) is 0 Å². The molecule has 0 spiro atoms. The lowest BCUT2D eigenvalue weighted by Crippen LogP contribution is -2.45. The molecule has 206 valence electrons. The Balaban J connectivity index is 1.35. The topological polar surface area (TPSA) is 158 Å². The SMILES string of the molecule is CCOc1cncc(-c2ccc(NC(=O)C3(c4ccnc(NS(=O)(=O)C5CCCC5)n4)CCOCC3)nc2)n1. The molecule has 0 aromatic carbocycles. The number of pyridine rings is 1. The van der Waals surface area contributed by atoms with Crippen LogP contribution in [-0.4, -0.2) is 64.3 Å². The van der Waals surface area contributed by atoms with Gasteiger partial charge >= 0.3 is 0 Å². The van der Waals surface area contributed by atoms with Gasteiger partial charge in [-0.1, -0.05) is 12.8 Å². The first-order valence-corrected chi connectivity index (χ1v) is 14.6. The minimum Gasteiger partial charge on any atom is -0.477 e. The Morgan fingerprint density at radius 2 is 1.87 bits per heavy atom. The molecule has 2 aliphatic rings. The number of ether oxygens (including phenoxy) is 2. The van der Waals surface area contributed by atoms with Gasteiger partial charge in [-0.15, -0.1) is 0 Å². The Labute approximate surface area is 227 Å². The van der Waals surface area contributed by atoms with Crippen molar-refractivity contribution in [2.45, 2.75) is 56.1 Å². The zero-order valence-corrected chi connectivity index (χ0v) is 22.5. The maximum atomic E-state index is 13.7. The summed E-state index contributed by atoms with van der Waals surface area (Å²) in [4.78, 5) is 35.3. The van der Waals surface area contributed by atoms with Crippen molar-refractivity contribution < 1.29 is 22.7 Å². The van der Waals surface area contributed by atoms with Crippen LogP contribution in [0.2, 0.25) is 0 Å². The number of carbonyl (C=O) groups excluding carboxylic acids is 1. The van der Waals surface area contributed by atoms with E-state index in [1.807, 2.05) is 6.92 Å². The van der Waals surface area contributed by atoms with Crippen LogP contribution in [-0.2, 0) is 25.0 Å². The second-order valence-corrected chi connectivity index (χ2v) is 11.5. The van der Waals surface area contributed by atoms with Gasteiger partial charge in [0.1, 0.15) is 5.82 Å². The van der Waals surface area contributed by atoms with Crippen LogP contribution in [0, 0.1) is 0 Å². The van der Waals surface area contributed by atoms with Crippen molar-refractivity contribution in [3.05, 3.63) is 48.7 Å². The van der Waals surface area contributed by atoms with Gasteiger partial charge in [-0.25, -0.2) is 28.4 Å². The maximum absolute atomic E-state index is 13.7. The Bertz CT molecular complexity index is 1410. The van der Waals surface area contributed by atoms with Crippen LogP contribution >= 0.6 is 0 Å². The van der Waals surface area contributed by atoms with Crippen molar-refractivity contribution in [3.8, 4) is 17.1 Å². The van der Waals surface area contributed by atoms with E-state index in [-0.39, 0.29) is 11.9 Å². The zero-order chi connectivity index (χ0) is 27.3. The number of sulfonamides is 1. The first kappa shape index (κ1) is 26.9. The van der Waals surface area contributed by atoms with Crippen molar-refractivity contribution in [2.24, 2.45) is 0 Å². The third-order valence-electron chi connectivity index (χ3n) is 7.11. The van der Waals surface area contributed by atoms with E-state index in [2.05, 4.69) is 35.0 Å². The van der Waals surface area contributed by atoms with Gasteiger partial charge in [0.2, 0.25) is 27.8 Å². The smallest absolute Gasteiger partial charge is 0.237 e. The molecule has 0 bridgehead atoms. The number of nitrogens with zero attached hydrogens (tertiary/aromatic N) is 5. The summed E-state index contributed by atoms with van der Waals surface area (Å²) in [5, 5.41) is 2.46. The van der Waals surface area contributed by atoms with E-state index in [1.54, 1.807) is 36.8 Å². The second kappa shape index (κ2) is 11.6. The molecule has 12 nitrogen and oxygen atoms in total. The predicted molar refractivity (Wildman–Crippen MR) is 144 cm³/mol. The van der Waals surface area contributed by atoms with Crippen LogP contribution in [0.4, 0.5) is 11.8 Å². The van der Waals surface area contributed by atoms with Crippen molar-refractivity contribution >= 4 is 27.7 Å². The van der Waals surface area contributed by atoms with E-state index < -0.39 is 20.7 Å². The molecular formula is C26H31N7O5S. The highest BCUT2D eigenvalue weighted by Gasteiger charge is 2.44. The van der Waals surface area contributed by atoms with Gasteiger partial charge in [0.15, 0.2) is 0 Å². The average molecular weight is 554 g/mol. The molecule has 1 aliphatic heterocycles. The summed E-state index contributed by atoms with van der Waals surface area (Å²) in [6.45, 7) is 3.08. The van der Waals surface area contributed by atoms with Crippen molar-refractivity contribution in [2.75, 3.05) is 29.9 Å². The Hall–Kier alpha value is -3.71. The van der Waals surface area contributed by atoms with Crippen LogP contribution in [0.5, 0.6) is 5.88 Å². The van der Waals surface area contributed by atoms with Gasteiger partial charge in [-0.05, 0) is 50.8 Å². The molecule has 1 aliphatic carbocycles. The van der Waals surface area contributed by atoms with E-state index in [1.165, 1.54) is 6.20 Å². The van der Waals surface area contributed by atoms with E-state index in [0.29, 0.717) is 68.6 Å². The predicted octanol–water partition coefficient (Wildman–Crippen LogP) is 3.10. The van der Waals surface area contributed by atoms with Gasteiger partial charge < -0.3 is 14.8 Å². The minimum absolute atomic E-state index is 0.0315. The lowest BCUT2D eigenvalue weighted by Gasteiger charge is -2.35. The van der Waals surface area contributed by atoms with E-state index in [4.69, 9.17) is 9.47 Å². The largest absolute Gasteiger partial charge is 0.477 e. The standard InChI is InChI=1S/C26H31N7O5S/c1-2-38-23-17-27-16-20(30-23)18-7-8-22(29-15-18)32-24(34)26(10-13-37-14-11-26)21-9-12-28-25(31-21)33-39(35,36)19-5-3-4-6-19/h7-9,12,15-17,19H,2-6,10-11,13-14H2,1H3,(H,28,31,33)(H,29,32,34). The van der Waals surface area contributed by atoms with Gasteiger partial charge in [-0.3, -0.25) is 14.5 Å². The fraction of sp³-hybridized carbons (Fsp3) is 0.462. The summed E-state index contributed by atoms with van der Waals surface area (Å²) in [7, 11) is -3.61. The minimum atomic E-state index is -3.61. The third kappa shape index (κ3) is 5.98. The van der Waals surface area contributed by atoms with Gasteiger partial charge in [0.05, 0.1) is 41.1 Å². The summed E-state index contributed by atoms with van der Waals surface area (Å²) in [6, 6.07) is 5.13. The summed E-state index contributed by atoms with van der Waals surface area (Å²) in [6.07, 6.45) is 10.0. The summed E-state index contributed by atoms with van der Waals surface area (Å²) in [5.74, 6) is 0.451. The first-order chi connectivity index (χ1) is 18.9. The number of hydrogen-bond donors (Lipinski definition) is 2. The van der Waals surface area contributed by atoms with Crippen LogP contribution in [0.3, 0.4) is 0 Å². The van der Waals surface area contributed by atoms with Crippen molar-refractivity contribution in [1.29, 1.82) is 0 Å². The summed E-state index contributed by atoms with van der Waals surface area (Å²) < 4.78 is 39.1. The Morgan fingerprint density at radius 3 is 2.59 bits per heavy atom. The highest BCUT2D eigenvalue weighted by atomic mass is 32.2. The number of hydrogen-bond acceptors (Lipinski definition) is 10. The van der Waals surface area contributed by atoms with Crippen molar-refractivity contribution in [3.63, 3.8) is 0 Å². The molecule has 4 heterocycles. The van der Waals surface area contributed by atoms with Crippen molar-refractivity contribution in [1.82, 2.24) is 24.9 Å².